The summed E-state index contributed by atoms with van der Waals surface area (Å²) in [6.45, 7) is 4.64. The summed E-state index contributed by atoms with van der Waals surface area (Å²) in [5.41, 5.74) is 0.948. The second-order valence-corrected chi connectivity index (χ2v) is 6.03. The van der Waals surface area contributed by atoms with Crippen LogP contribution < -0.4 is 10.6 Å². The molecule has 1 aromatic carbocycles. The van der Waals surface area contributed by atoms with Crippen molar-refractivity contribution in [3.8, 4) is 0 Å². The van der Waals surface area contributed by atoms with Crippen LogP contribution >= 0.6 is 23.2 Å². The highest BCUT2D eigenvalue weighted by molar-refractivity contribution is 6.35. The fourth-order valence-electron chi connectivity index (χ4n) is 1.69. The fourth-order valence-corrected chi connectivity index (χ4v) is 2.21. The van der Waals surface area contributed by atoms with E-state index >= 15 is 0 Å². The third kappa shape index (κ3) is 4.86. The Morgan fingerprint density at radius 2 is 1.91 bits per heavy atom. The molecular formula is C15H16Cl2N4O. The summed E-state index contributed by atoms with van der Waals surface area (Å²) in [5.74, 6) is 0.441. The van der Waals surface area contributed by atoms with Crippen LogP contribution in [0.5, 0.6) is 0 Å². The summed E-state index contributed by atoms with van der Waals surface area (Å²) in [4.78, 5) is 20.3. The first kappa shape index (κ1) is 16.5. The highest BCUT2D eigenvalue weighted by Gasteiger charge is 2.09. The minimum atomic E-state index is -0.233. The van der Waals surface area contributed by atoms with Crippen molar-refractivity contribution in [2.75, 3.05) is 11.9 Å². The summed E-state index contributed by atoms with van der Waals surface area (Å²) in [7, 11) is 0. The van der Waals surface area contributed by atoms with E-state index < -0.39 is 0 Å². The maximum atomic E-state index is 12.0. The maximum Gasteiger partial charge on any atom is 0.270 e. The molecule has 0 aliphatic heterocycles. The van der Waals surface area contributed by atoms with Gasteiger partial charge in [-0.15, -0.1) is 0 Å². The van der Waals surface area contributed by atoms with E-state index in [1.165, 1.54) is 6.20 Å². The second-order valence-electron chi connectivity index (χ2n) is 5.15. The van der Waals surface area contributed by atoms with Crippen LogP contribution in [0.2, 0.25) is 10.0 Å². The summed E-state index contributed by atoms with van der Waals surface area (Å²) in [6, 6.07) is 6.58. The van der Waals surface area contributed by atoms with Crippen molar-refractivity contribution in [2.45, 2.75) is 13.8 Å². The number of carbonyl (C=O) groups excluding carboxylic acids is 1. The number of amides is 1. The number of nitrogens with zero attached hydrogens (tertiary/aromatic N) is 2. The number of anilines is 2. The molecule has 5 nitrogen and oxygen atoms in total. The SMILES string of the molecule is CC(C)CNC(=O)c1ccnc(Nc2cc(Cl)cc(Cl)c2)n1. The molecule has 0 radical (unpaired) electrons. The van der Waals surface area contributed by atoms with Crippen molar-refractivity contribution in [1.82, 2.24) is 15.3 Å². The molecule has 22 heavy (non-hydrogen) atoms. The first-order chi connectivity index (χ1) is 10.4. The quantitative estimate of drug-likeness (QED) is 0.867. The van der Waals surface area contributed by atoms with Crippen molar-refractivity contribution < 1.29 is 4.79 Å². The van der Waals surface area contributed by atoms with Crippen LogP contribution in [-0.4, -0.2) is 22.4 Å². The standard InChI is InChI=1S/C15H16Cl2N4O/c1-9(2)8-19-14(22)13-3-4-18-15(21-13)20-12-6-10(16)5-11(17)7-12/h3-7,9H,8H2,1-2H3,(H,19,22)(H,18,20,21). The molecule has 0 aliphatic carbocycles. The fraction of sp³-hybridized carbons (Fsp3) is 0.267. The van der Waals surface area contributed by atoms with Crippen LogP contribution in [0.25, 0.3) is 0 Å². The van der Waals surface area contributed by atoms with E-state index in [-0.39, 0.29) is 5.91 Å². The molecule has 0 saturated heterocycles. The van der Waals surface area contributed by atoms with Gasteiger partial charge in [0.05, 0.1) is 0 Å². The average Bonchev–Trinajstić information content (AvgIpc) is 2.44. The number of hydrogen-bond acceptors (Lipinski definition) is 4. The third-order valence-electron chi connectivity index (χ3n) is 2.68. The lowest BCUT2D eigenvalue weighted by Gasteiger charge is -2.09. The lowest BCUT2D eigenvalue weighted by atomic mass is 10.2. The minimum Gasteiger partial charge on any atom is -0.350 e. The summed E-state index contributed by atoms with van der Waals surface area (Å²) >= 11 is 11.9. The zero-order valence-corrected chi connectivity index (χ0v) is 13.7. The molecule has 7 heteroatoms. The molecular weight excluding hydrogens is 323 g/mol. The minimum absolute atomic E-state index is 0.233. The van der Waals surface area contributed by atoms with Crippen LogP contribution in [0.15, 0.2) is 30.5 Å². The van der Waals surface area contributed by atoms with Crippen LogP contribution in [0.3, 0.4) is 0 Å². The van der Waals surface area contributed by atoms with E-state index in [2.05, 4.69) is 20.6 Å². The molecule has 0 atom stereocenters. The molecule has 0 spiro atoms. The molecule has 0 fully saturated rings. The van der Waals surface area contributed by atoms with Gasteiger partial charge in [-0.1, -0.05) is 37.0 Å². The molecule has 116 valence electrons. The number of benzene rings is 1. The van der Waals surface area contributed by atoms with Gasteiger partial charge < -0.3 is 10.6 Å². The van der Waals surface area contributed by atoms with E-state index in [1.807, 2.05) is 13.8 Å². The molecule has 0 aliphatic rings. The van der Waals surface area contributed by atoms with Crippen LogP contribution in [0, 0.1) is 5.92 Å². The molecule has 2 N–H and O–H groups in total. The summed E-state index contributed by atoms with van der Waals surface area (Å²) in [6.07, 6.45) is 1.52. The number of aromatic nitrogens is 2. The molecule has 0 unspecified atom stereocenters. The maximum absolute atomic E-state index is 12.0. The topological polar surface area (TPSA) is 66.9 Å². The van der Waals surface area contributed by atoms with Gasteiger partial charge in [0.1, 0.15) is 5.69 Å². The number of rotatable bonds is 5. The Labute approximate surface area is 139 Å². The van der Waals surface area contributed by atoms with Gasteiger partial charge in [0.25, 0.3) is 5.91 Å². The van der Waals surface area contributed by atoms with Gasteiger partial charge in [-0.2, -0.15) is 0 Å². The zero-order valence-electron chi connectivity index (χ0n) is 12.2. The van der Waals surface area contributed by atoms with Gasteiger partial charge in [-0.05, 0) is 30.2 Å². The predicted molar refractivity (Wildman–Crippen MR) is 88.9 cm³/mol. The van der Waals surface area contributed by atoms with Gasteiger partial charge in [0.2, 0.25) is 5.95 Å². The number of nitrogens with one attached hydrogen (secondary N) is 2. The number of carbonyl (C=O) groups is 1. The van der Waals surface area contributed by atoms with Crippen molar-refractivity contribution in [3.05, 3.63) is 46.2 Å². The van der Waals surface area contributed by atoms with Gasteiger partial charge >= 0.3 is 0 Å². The van der Waals surface area contributed by atoms with Crippen LogP contribution in [-0.2, 0) is 0 Å². The first-order valence-electron chi connectivity index (χ1n) is 6.78. The van der Waals surface area contributed by atoms with Gasteiger partial charge in [0, 0.05) is 28.5 Å². The Morgan fingerprint density at radius 1 is 1.23 bits per heavy atom. The average molecular weight is 339 g/mol. The van der Waals surface area contributed by atoms with Crippen LogP contribution in [0.4, 0.5) is 11.6 Å². The molecule has 0 bridgehead atoms. The third-order valence-corrected chi connectivity index (χ3v) is 3.11. The highest BCUT2D eigenvalue weighted by atomic mass is 35.5. The van der Waals surface area contributed by atoms with Crippen molar-refractivity contribution in [1.29, 1.82) is 0 Å². The Bertz CT molecular complexity index is 656. The number of halogens is 2. The largest absolute Gasteiger partial charge is 0.350 e. The Morgan fingerprint density at radius 3 is 2.55 bits per heavy atom. The first-order valence-corrected chi connectivity index (χ1v) is 7.54. The molecule has 1 amide bonds. The molecule has 0 saturated carbocycles. The van der Waals surface area contributed by atoms with Gasteiger partial charge in [0.15, 0.2) is 0 Å². The Kier molecular flexibility index (Phi) is 5.57. The normalized spacial score (nSPS) is 10.6. The molecule has 2 rings (SSSR count). The molecule has 2 aromatic rings. The second kappa shape index (κ2) is 7.42. The van der Waals surface area contributed by atoms with Crippen molar-refractivity contribution in [2.24, 2.45) is 5.92 Å². The van der Waals surface area contributed by atoms with E-state index in [4.69, 9.17) is 23.2 Å². The van der Waals surface area contributed by atoms with Crippen molar-refractivity contribution >= 4 is 40.7 Å². The molecule has 1 heterocycles. The Hall–Kier alpha value is -1.85. The van der Waals surface area contributed by atoms with E-state index in [0.717, 1.165) is 0 Å². The van der Waals surface area contributed by atoms with Crippen molar-refractivity contribution in [3.63, 3.8) is 0 Å². The summed E-state index contributed by atoms with van der Waals surface area (Å²) in [5, 5.41) is 6.78. The summed E-state index contributed by atoms with van der Waals surface area (Å²) < 4.78 is 0. The van der Waals surface area contributed by atoms with E-state index in [9.17, 15) is 4.79 Å². The lowest BCUT2D eigenvalue weighted by Crippen LogP contribution is -2.28. The lowest BCUT2D eigenvalue weighted by molar-refractivity contribution is 0.0944. The zero-order chi connectivity index (χ0) is 16.1. The van der Waals surface area contributed by atoms with Gasteiger partial charge in [-0.3, -0.25) is 4.79 Å². The van der Waals surface area contributed by atoms with E-state index in [0.29, 0.717) is 39.8 Å². The monoisotopic (exact) mass is 338 g/mol. The highest BCUT2D eigenvalue weighted by Crippen LogP contribution is 2.24. The Balaban J connectivity index is 2.12. The van der Waals surface area contributed by atoms with E-state index in [1.54, 1.807) is 24.3 Å². The number of hydrogen-bond donors (Lipinski definition) is 2. The smallest absolute Gasteiger partial charge is 0.270 e. The predicted octanol–water partition coefficient (Wildman–Crippen LogP) is 3.91. The van der Waals surface area contributed by atoms with Gasteiger partial charge in [-0.25, -0.2) is 9.97 Å². The van der Waals surface area contributed by atoms with Crippen LogP contribution in [0.1, 0.15) is 24.3 Å². The molecule has 1 aromatic heterocycles.